The summed E-state index contributed by atoms with van der Waals surface area (Å²) in [7, 11) is -3.50. The Balaban J connectivity index is 1.72. The fourth-order valence-electron chi connectivity index (χ4n) is 2.85. The summed E-state index contributed by atoms with van der Waals surface area (Å²) >= 11 is 5.80. The molecule has 3 rings (SSSR count). The van der Waals surface area contributed by atoms with E-state index in [1.807, 2.05) is 0 Å². The van der Waals surface area contributed by atoms with Crippen LogP contribution in [0.15, 0.2) is 4.90 Å². The van der Waals surface area contributed by atoms with Gasteiger partial charge in [-0.2, -0.15) is 9.40 Å². The fraction of sp³-hybridized carbons (Fsp3) is 0.769. The highest BCUT2D eigenvalue weighted by Crippen LogP contribution is 2.30. The Morgan fingerprint density at radius 1 is 1.29 bits per heavy atom. The summed E-state index contributed by atoms with van der Waals surface area (Å²) in [6.07, 6.45) is 2.65. The molecule has 0 radical (unpaired) electrons. The Kier molecular flexibility index (Phi) is 4.27. The van der Waals surface area contributed by atoms with Crippen molar-refractivity contribution in [2.45, 2.75) is 30.5 Å². The van der Waals surface area contributed by atoms with Crippen LogP contribution in [0.25, 0.3) is 0 Å². The zero-order valence-corrected chi connectivity index (χ0v) is 13.8. The van der Waals surface area contributed by atoms with Crippen LogP contribution in [-0.4, -0.2) is 60.5 Å². The Hall–Kier alpha value is -0.630. The van der Waals surface area contributed by atoms with E-state index in [9.17, 15) is 8.42 Å². The van der Waals surface area contributed by atoms with E-state index >= 15 is 0 Å². The molecular formula is C13H21ClN4O2S. The number of rotatable bonds is 5. The third-order valence-electron chi connectivity index (χ3n) is 4.23. The Morgan fingerprint density at radius 2 is 1.95 bits per heavy atom. The minimum absolute atomic E-state index is 0.0978. The predicted molar refractivity (Wildman–Crippen MR) is 80.8 cm³/mol. The van der Waals surface area contributed by atoms with Gasteiger partial charge < -0.3 is 4.90 Å². The molecule has 0 aromatic carbocycles. The molecule has 118 valence electrons. The number of alkyl halides is 1. The molecule has 6 nitrogen and oxygen atoms in total. The van der Waals surface area contributed by atoms with E-state index in [1.54, 1.807) is 11.2 Å². The van der Waals surface area contributed by atoms with E-state index in [0.717, 1.165) is 25.6 Å². The summed E-state index contributed by atoms with van der Waals surface area (Å²) in [6, 6.07) is 0. The van der Waals surface area contributed by atoms with Gasteiger partial charge in [0, 0.05) is 32.7 Å². The second kappa shape index (κ2) is 5.87. The average molecular weight is 333 g/mol. The van der Waals surface area contributed by atoms with E-state index in [4.69, 9.17) is 11.6 Å². The molecule has 1 aliphatic heterocycles. The lowest BCUT2D eigenvalue weighted by molar-refractivity contribution is 0.182. The van der Waals surface area contributed by atoms with Crippen LogP contribution in [0.5, 0.6) is 0 Å². The zero-order chi connectivity index (χ0) is 15.0. The van der Waals surface area contributed by atoms with E-state index in [0.29, 0.717) is 24.5 Å². The smallest absolute Gasteiger partial charge is 0.246 e. The maximum absolute atomic E-state index is 12.8. The molecule has 2 heterocycles. The largest absolute Gasteiger partial charge is 0.300 e. The van der Waals surface area contributed by atoms with Gasteiger partial charge in [0.25, 0.3) is 0 Å². The molecule has 1 saturated carbocycles. The summed E-state index contributed by atoms with van der Waals surface area (Å²) in [5, 5.41) is 6.71. The number of halogens is 1. The second-order valence-electron chi connectivity index (χ2n) is 5.91. The van der Waals surface area contributed by atoms with Crippen LogP contribution in [0.1, 0.15) is 24.2 Å². The first-order valence-electron chi connectivity index (χ1n) is 7.34. The molecule has 0 amide bonds. The molecule has 0 atom stereocenters. The second-order valence-corrected chi connectivity index (χ2v) is 8.05. The molecule has 21 heavy (non-hydrogen) atoms. The van der Waals surface area contributed by atoms with Crippen LogP contribution in [0.2, 0.25) is 0 Å². The van der Waals surface area contributed by atoms with Crippen molar-refractivity contribution in [1.29, 1.82) is 0 Å². The van der Waals surface area contributed by atoms with Crippen molar-refractivity contribution < 1.29 is 8.42 Å². The van der Waals surface area contributed by atoms with Gasteiger partial charge in [0.2, 0.25) is 10.0 Å². The molecule has 0 spiro atoms. The van der Waals surface area contributed by atoms with Crippen LogP contribution in [0, 0.1) is 12.8 Å². The van der Waals surface area contributed by atoms with Gasteiger partial charge in [0.05, 0.1) is 17.3 Å². The van der Waals surface area contributed by atoms with E-state index in [2.05, 4.69) is 15.1 Å². The Bertz CT molecular complexity index is 604. The van der Waals surface area contributed by atoms with Gasteiger partial charge >= 0.3 is 0 Å². The van der Waals surface area contributed by atoms with Gasteiger partial charge in [-0.3, -0.25) is 5.10 Å². The highest BCUT2D eigenvalue weighted by molar-refractivity contribution is 7.89. The first-order chi connectivity index (χ1) is 10.0. The molecule has 8 heteroatoms. The predicted octanol–water partition coefficient (Wildman–Crippen LogP) is 1.17. The van der Waals surface area contributed by atoms with Crippen molar-refractivity contribution in [1.82, 2.24) is 19.4 Å². The molecule has 0 bridgehead atoms. The maximum Gasteiger partial charge on any atom is 0.246 e. The van der Waals surface area contributed by atoms with Crippen molar-refractivity contribution in [3.63, 3.8) is 0 Å². The van der Waals surface area contributed by atoms with E-state index < -0.39 is 10.0 Å². The molecule has 0 unspecified atom stereocenters. The Labute approximate surface area is 130 Å². The first-order valence-corrected chi connectivity index (χ1v) is 9.32. The summed E-state index contributed by atoms with van der Waals surface area (Å²) in [5.41, 5.74) is 0.973. The quantitative estimate of drug-likeness (QED) is 0.822. The number of nitrogens with one attached hydrogen (secondary N) is 1. The Morgan fingerprint density at radius 3 is 2.52 bits per heavy atom. The number of aromatic amines is 1. The summed E-state index contributed by atoms with van der Waals surface area (Å²) in [5.74, 6) is 0.938. The lowest BCUT2D eigenvalue weighted by Crippen LogP contribution is -2.49. The van der Waals surface area contributed by atoms with Crippen LogP contribution in [-0.2, 0) is 15.9 Å². The number of hydrogen-bond acceptors (Lipinski definition) is 4. The standard InChI is InChI=1S/C13H21ClN4O2S/c1-10-13(12(8-14)16-15-10)21(19,20)18-6-4-17(5-7-18)9-11-2-3-11/h11H,2-9H2,1H3,(H,15,16). The third kappa shape index (κ3) is 3.11. The lowest BCUT2D eigenvalue weighted by Gasteiger charge is -2.34. The fourth-order valence-corrected chi connectivity index (χ4v) is 4.87. The number of nitrogens with zero attached hydrogens (tertiary/aromatic N) is 3. The summed E-state index contributed by atoms with van der Waals surface area (Å²) < 4.78 is 27.1. The van der Waals surface area contributed by atoms with Gasteiger partial charge in [-0.15, -0.1) is 11.6 Å². The van der Waals surface area contributed by atoms with Crippen LogP contribution < -0.4 is 0 Å². The minimum Gasteiger partial charge on any atom is -0.300 e. The lowest BCUT2D eigenvalue weighted by atomic mass is 10.3. The van der Waals surface area contributed by atoms with Gasteiger partial charge in [0.15, 0.2) is 0 Å². The molecule has 1 saturated heterocycles. The van der Waals surface area contributed by atoms with Crippen LogP contribution in [0.4, 0.5) is 0 Å². The van der Waals surface area contributed by atoms with Gasteiger partial charge in [-0.05, 0) is 25.7 Å². The number of H-pyrrole nitrogens is 1. The van der Waals surface area contributed by atoms with Crippen molar-refractivity contribution in [2.75, 3.05) is 32.7 Å². The molecule has 1 aliphatic carbocycles. The molecule has 1 aromatic rings. The minimum atomic E-state index is -3.50. The molecular weight excluding hydrogens is 312 g/mol. The summed E-state index contributed by atoms with van der Waals surface area (Å²) in [4.78, 5) is 2.63. The summed E-state index contributed by atoms with van der Waals surface area (Å²) in [6.45, 7) is 5.54. The van der Waals surface area contributed by atoms with Crippen molar-refractivity contribution in [2.24, 2.45) is 5.92 Å². The van der Waals surface area contributed by atoms with Crippen LogP contribution >= 0.6 is 11.6 Å². The van der Waals surface area contributed by atoms with Crippen molar-refractivity contribution in [3.05, 3.63) is 11.4 Å². The highest BCUT2D eigenvalue weighted by atomic mass is 35.5. The zero-order valence-electron chi connectivity index (χ0n) is 12.2. The molecule has 2 fully saturated rings. The number of sulfonamides is 1. The number of aromatic nitrogens is 2. The monoisotopic (exact) mass is 332 g/mol. The number of aryl methyl sites for hydroxylation is 1. The van der Waals surface area contributed by atoms with Gasteiger partial charge in [-0.1, -0.05) is 0 Å². The van der Waals surface area contributed by atoms with E-state index in [-0.39, 0.29) is 10.8 Å². The molecule has 1 N–H and O–H groups in total. The topological polar surface area (TPSA) is 69.3 Å². The number of piperazine rings is 1. The van der Waals surface area contributed by atoms with Crippen molar-refractivity contribution in [3.8, 4) is 0 Å². The third-order valence-corrected chi connectivity index (χ3v) is 6.59. The van der Waals surface area contributed by atoms with Gasteiger partial charge in [-0.25, -0.2) is 8.42 Å². The van der Waals surface area contributed by atoms with Crippen LogP contribution in [0.3, 0.4) is 0 Å². The van der Waals surface area contributed by atoms with Crippen molar-refractivity contribution >= 4 is 21.6 Å². The maximum atomic E-state index is 12.8. The number of hydrogen-bond donors (Lipinski definition) is 1. The highest BCUT2D eigenvalue weighted by Gasteiger charge is 2.34. The SMILES string of the molecule is Cc1[nH]nc(CCl)c1S(=O)(=O)N1CCN(CC2CC2)CC1. The first kappa shape index (κ1) is 15.3. The molecule has 1 aromatic heterocycles. The molecule has 2 aliphatic rings. The van der Waals surface area contributed by atoms with Gasteiger partial charge in [0.1, 0.15) is 4.90 Å². The average Bonchev–Trinajstić information content (AvgIpc) is 3.19. The normalized spacial score (nSPS) is 21.8. The van der Waals surface area contributed by atoms with E-state index in [1.165, 1.54) is 12.8 Å².